The van der Waals surface area contributed by atoms with E-state index in [0.717, 1.165) is 24.9 Å². The van der Waals surface area contributed by atoms with E-state index in [4.69, 9.17) is 0 Å². The van der Waals surface area contributed by atoms with Crippen molar-refractivity contribution in [2.45, 2.75) is 31.7 Å². The molecule has 4 nitrogen and oxygen atoms in total. The Bertz CT molecular complexity index is 987. The number of ether oxygens (including phenoxy) is 1. The average Bonchev–Trinajstić information content (AvgIpc) is 3.38. The average molecular weight is 389 g/mol. The zero-order valence-electron chi connectivity index (χ0n) is 16.9. The first kappa shape index (κ1) is 19.5. The molecular weight excluding hydrogens is 360 g/mol. The summed E-state index contributed by atoms with van der Waals surface area (Å²) in [6.45, 7) is 2.28. The molecule has 0 unspecified atom stereocenters. The molecule has 29 heavy (non-hydrogen) atoms. The number of likely N-dealkylation sites (tertiary alicyclic amines) is 1. The summed E-state index contributed by atoms with van der Waals surface area (Å²) in [5.41, 5.74) is 5.00. The van der Waals surface area contributed by atoms with Crippen LogP contribution in [0.15, 0.2) is 60.8 Å². The van der Waals surface area contributed by atoms with Gasteiger partial charge in [0, 0.05) is 35.8 Å². The van der Waals surface area contributed by atoms with Crippen molar-refractivity contribution < 1.29 is 9.53 Å². The summed E-state index contributed by atoms with van der Waals surface area (Å²) in [5.74, 6) is -0.329. The fraction of sp³-hybridized carbons (Fsp3) is 0.320. The molecule has 2 aromatic carbocycles. The largest absolute Gasteiger partial charge is 0.466 e. The molecule has 1 saturated heterocycles. The highest BCUT2D eigenvalue weighted by atomic mass is 16.5. The quantitative estimate of drug-likeness (QED) is 0.475. The van der Waals surface area contributed by atoms with Crippen LogP contribution in [0.4, 0.5) is 0 Å². The Hall–Kier alpha value is -2.85. The number of esters is 1. The Morgan fingerprint density at radius 2 is 2.03 bits per heavy atom. The fourth-order valence-corrected chi connectivity index (χ4v) is 4.28. The smallest absolute Gasteiger partial charge is 0.330 e. The van der Waals surface area contributed by atoms with Gasteiger partial charge in [-0.1, -0.05) is 42.5 Å². The van der Waals surface area contributed by atoms with Gasteiger partial charge in [-0.15, -0.1) is 0 Å². The van der Waals surface area contributed by atoms with Gasteiger partial charge >= 0.3 is 5.97 Å². The van der Waals surface area contributed by atoms with Gasteiger partial charge in [-0.3, -0.25) is 4.90 Å². The standard InChI is InChI=1S/C25H28N2O2/c1-29-25(28)13-12-19-8-10-20(11-9-19)14-16-27-15-4-5-22(27)17-21-18-26-24-7-3-2-6-23(21)24/h2-3,6-13,18,22,26H,4-5,14-17H2,1H3/t22-/m1/s1. The predicted octanol–water partition coefficient (Wildman–Crippen LogP) is 4.60. The number of rotatable bonds is 7. The molecule has 0 radical (unpaired) electrons. The van der Waals surface area contributed by atoms with Crippen LogP contribution in [-0.2, 0) is 22.4 Å². The molecule has 0 amide bonds. The highest BCUT2D eigenvalue weighted by molar-refractivity contribution is 5.86. The fourth-order valence-electron chi connectivity index (χ4n) is 4.28. The SMILES string of the molecule is COC(=O)C=Cc1ccc(CCN2CCC[C@@H]2Cc2c[nH]c3ccccc23)cc1. The van der Waals surface area contributed by atoms with Crippen LogP contribution < -0.4 is 0 Å². The molecule has 0 spiro atoms. The maximum Gasteiger partial charge on any atom is 0.330 e. The summed E-state index contributed by atoms with van der Waals surface area (Å²) in [6.07, 6.45) is 10.1. The molecule has 150 valence electrons. The lowest BCUT2D eigenvalue weighted by molar-refractivity contribution is -0.134. The molecule has 4 rings (SSSR count). The van der Waals surface area contributed by atoms with Crippen molar-refractivity contribution >= 4 is 22.9 Å². The van der Waals surface area contributed by atoms with Gasteiger partial charge in [-0.25, -0.2) is 4.79 Å². The maximum absolute atomic E-state index is 11.2. The molecule has 1 aliphatic heterocycles. The van der Waals surface area contributed by atoms with Crippen molar-refractivity contribution in [1.82, 2.24) is 9.88 Å². The number of nitrogens with one attached hydrogen (secondary N) is 1. The third-order valence-electron chi connectivity index (χ3n) is 5.91. The highest BCUT2D eigenvalue weighted by Gasteiger charge is 2.25. The lowest BCUT2D eigenvalue weighted by Gasteiger charge is -2.24. The molecule has 1 aliphatic rings. The number of para-hydroxylation sites is 1. The van der Waals surface area contributed by atoms with Crippen LogP contribution in [0, 0.1) is 0 Å². The minimum absolute atomic E-state index is 0.329. The normalized spacial score (nSPS) is 17.3. The molecule has 0 aliphatic carbocycles. The van der Waals surface area contributed by atoms with Gasteiger partial charge in [-0.05, 0) is 61.1 Å². The monoisotopic (exact) mass is 388 g/mol. The molecule has 0 bridgehead atoms. The van der Waals surface area contributed by atoms with Crippen LogP contribution in [0.1, 0.15) is 29.5 Å². The summed E-state index contributed by atoms with van der Waals surface area (Å²) < 4.78 is 4.63. The van der Waals surface area contributed by atoms with Crippen molar-refractivity contribution in [2.75, 3.05) is 20.2 Å². The highest BCUT2D eigenvalue weighted by Crippen LogP contribution is 2.25. The van der Waals surface area contributed by atoms with E-state index in [1.54, 1.807) is 6.08 Å². The Balaban J connectivity index is 1.34. The molecule has 1 N–H and O–H groups in total. The van der Waals surface area contributed by atoms with Crippen LogP contribution in [0.25, 0.3) is 17.0 Å². The van der Waals surface area contributed by atoms with Gasteiger partial charge < -0.3 is 9.72 Å². The first-order valence-electron chi connectivity index (χ1n) is 10.4. The second kappa shape index (κ2) is 9.10. The number of aromatic nitrogens is 1. The summed E-state index contributed by atoms with van der Waals surface area (Å²) in [6, 6.07) is 17.6. The van der Waals surface area contributed by atoms with E-state index in [1.807, 2.05) is 0 Å². The molecular formula is C25H28N2O2. The third-order valence-corrected chi connectivity index (χ3v) is 5.91. The van der Waals surface area contributed by atoms with Gasteiger partial charge in [0.05, 0.1) is 7.11 Å². The summed E-state index contributed by atoms with van der Waals surface area (Å²) >= 11 is 0. The molecule has 2 heterocycles. The number of methoxy groups -OCH3 is 1. The zero-order chi connectivity index (χ0) is 20.1. The van der Waals surface area contributed by atoms with E-state index in [0.29, 0.717) is 6.04 Å². The summed E-state index contributed by atoms with van der Waals surface area (Å²) in [5, 5.41) is 1.36. The number of aromatic amines is 1. The Morgan fingerprint density at radius 3 is 2.86 bits per heavy atom. The van der Waals surface area contributed by atoms with Crippen molar-refractivity contribution in [3.63, 3.8) is 0 Å². The lowest BCUT2D eigenvalue weighted by atomic mass is 10.0. The predicted molar refractivity (Wildman–Crippen MR) is 118 cm³/mol. The number of benzene rings is 2. The minimum atomic E-state index is -0.329. The number of hydrogen-bond donors (Lipinski definition) is 1. The van der Waals surface area contributed by atoms with E-state index in [9.17, 15) is 4.79 Å². The van der Waals surface area contributed by atoms with Gasteiger partial charge in [0.15, 0.2) is 0 Å². The van der Waals surface area contributed by atoms with E-state index in [-0.39, 0.29) is 5.97 Å². The van der Waals surface area contributed by atoms with Crippen LogP contribution in [-0.4, -0.2) is 42.1 Å². The number of hydrogen-bond acceptors (Lipinski definition) is 3. The second-order valence-electron chi connectivity index (χ2n) is 7.74. The summed E-state index contributed by atoms with van der Waals surface area (Å²) in [7, 11) is 1.39. The number of nitrogens with zero attached hydrogens (tertiary/aromatic N) is 1. The summed E-state index contributed by atoms with van der Waals surface area (Å²) in [4.78, 5) is 17.3. The number of carbonyl (C=O) groups excluding carboxylic acids is 1. The van der Waals surface area contributed by atoms with Crippen LogP contribution in [0.5, 0.6) is 0 Å². The van der Waals surface area contributed by atoms with E-state index in [2.05, 4.69) is 69.3 Å². The van der Waals surface area contributed by atoms with Crippen LogP contribution >= 0.6 is 0 Å². The molecule has 1 aromatic heterocycles. The number of fused-ring (bicyclic) bond motifs is 1. The zero-order valence-corrected chi connectivity index (χ0v) is 16.9. The molecule has 4 heteroatoms. The molecule has 1 fully saturated rings. The topological polar surface area (TPSA) is 45.3 Å². The number of H-pyrrole nitrogens is 1. The van der Waals surface area contributed by atoms with Crippen LogP contribution in [0.3, 0.4) is 0 Å². The Morgan fingerprint density at radius 1 is 1.21 bits per heavy atom. The van der Waals surface area contributed by atoms with Crippen molar-refractivity contribution in [2.24, 2.45) is 0 Å². The minimum Gasteiger partial charge on any atom is -0.466 e. The third kappa shape index (κ3) is 4.77. The Kier molecular flexibility index (Phi) is 6.11. The van der Waals surface area contributed by atoms with Crippen molar-refractivity contribution in [3.05, 3.63) is 77.5 Å². The molecule has 3 aromatic rings. The Labute approximate surface area is 172 Å². The molecule has 0 saturated carbocycles. The first-order chi connectivity index (χ1) is 14.2. The lowest BCUT2D eigenvalue weighted by Crippen LogP contribution is -2.32. The number of carbonyl (C=O) groups is 1. The second-order valence-corrected chi connectivity index (χ2v) is 7.74. The maximum atomic E-state index is 11.2. The van der Waals surface area contributed by atoms with Gasteiger partial charge in [0.2, 0.25) is 0 Å². The van der Waals surface area contributed by atoms with Crippen LogP contribution in [0.2, 0.25) is 0 Å². The van der Waals surface area contributed by atoms with Gasteiger partial charge in [0.1, 0.15) is 0 Å². The van der Waals surface area contributed by atoms with Crippen molar-refractivity contribution in [3.8, 4) is 0 Å². The van der Waals surface area contributed by atoms with Gasteiger partial charge in [-0.2, -0.15) is 0 Å². The van der Waals surface area contributed by atoms with Gasteiger partial charge in [0.25, 0.3) is 0 Å². The molecule has 1 atom stereocenters. The van der Waals surface area contributed by atoms with E-state index < -0.39 is 0 Å². The van der Waals surface area contributed by atoms with E-state index in [1.165, 1.54) is 54.6 Å². The van der Waals surface area contributed by atoms with E-state index >= 15 is 0 Å². The van der Waals surface area contributed by atoms with Crippen molar-refractivity contribution in [1.29, 1.82) is 0 Å². The first-order valence-corrected chi connectivity index (χ1v) is 10.4.